The number of aromatic nitrogens is 2. The first-order chi connectivity index (χ1) is 14.0. The van der Waals surface area contributed by atoms with E-state index >= 15 is 0 Å². The minimum Gasteiger partial charge on any atom is -0.543 e. The second kappa shape index (κ2) is 8.14. The van der Waals surface area contributed by atoms with Gasteiger partial charge < -0.3 is 19.9 Å². The Morgan fingerprint density at radius 1 is 1.37 bits per heavy atom. The minimum atomic E-state index is -1.37. The Morgan fingerprint density at radius 2 is 2.10 bits per heavy atom. The zero-order valence-electron chi connectivity index (χ0n) is 16.3. The Kier molecular flexibility index (Phi) is 5.86. The molecule has 0 aliphatic carbocycles. The smallest absolute Gasteiger partial charge is 0.543 e. The first-order valence-corrected chi connectivity index (χ1v) is 10.7. The van der Waals surface area contributed by atoms with Crippen LogP contribution in [0.3, 0.4) is 0 Å². The van der Waals surface area contributed by atoms with Gasteiger partial charge in [0.25, 0.3) is 0 Å². The van der Waals surface area contributed by atoms with E-state index in [1.54, 1.807) is 25.0 Å². The molecule has 2 aliphatic rings. The second-order valence-corrected chi connectivity index (χ2v) is 9.23. The van der Waals surface area contributed by atoms with E-state index in [4.69, 9.17) is 0 Å². The molecule has 4 heterocycles. The number of carboxylic acid groups (broad SMARTS) is 1. The number of hydrogen-bond acceptors (Lipinski definition) is 7. The summed E-state index contributed by atoms with van der Waals surface area (Å²) in [5.41, 5.74) is 0.502. The van der Waals surface area contributed by atoms with Crippen LogP contribution in [-0.4, -0.2) is 43.4 Å². The summed E-state index contributed by atoms with van der Waals surface area (Å²) in [5, 5.41) is 22.5. The zero-order chi connectivity index (χ0) is 20.3. The van der Waals surface area contributed by atoms with E-state index in [1.165, 1.54) is 16.2 Å². The summed E-state index contributed by atoms with van der Waals surface area (Å²) >= 11 is 2.98. The van der Waals surface area contributed by atoms with E-state index < -0.39 is 18.0 Å². The predicted octanol–water partition coefficient (Wildman–Crippen LogP) is -1.38. The van der Waals surface area contributed by atoms with Crippen LogP contribution in [0, 0.1) is 5.92 Å². The molecule has 30 heavy (non-hydrogen) atoms. The van der Waals surface area contributed by atoms with Crippen molar-refractivity contribution in [3.8, 4) is 0 Å². The third kappa shape index (κ3) is 3.34. The van der Waals surface area contributed by atoms with E-state index in [0.717, 1.165) is 19.6 Å². The topological polar surface area (TPSA) is 98.0 Å². The molecule has 0 radical (unpaired) electrons. The molecule has 2 aromatic heterocycles. The molecule has 5 rings (SSSR count). The molecular weight excluding hydrogens is 433 g/mol. The van der Waals surface area contributed by atoms with Crippen molar-refractivity contribution in [1.29, 1.82) is 0 Å². The summed E-state index contributed by atoms with van der Waals surface area (Å²) in [6.07, 6.45) is 3.12. The van der Waals surface area contributed by atoms with Crippen LogP contribution in [0.4, 0.5) is 0 Å². The van der Waals surface area contributed by atoms with Gasteiger partial charge in [-0.2, -0.15) is 0 Å². The number of β-lactam (4-membered cyclic amide) rings is 1. The van der Waals surface area contributed by atoms with Gasteiger partial charge in [-0.3, -0.25) is 9.20 Å². The van der Waals surface area contributed by atoms with Crippen molar-refractivity contribution in [2.24, 2.45) is 5.92 Å². The Labute approximate surface area is 202 Å². The summed E-state index contributed by atoms with van der Waals surface area (Å²) in [6.45, 7) is 1.56. The third-order valence-electron chi connectivity index (χ3n) is 5.36. The molecule has 0 bridgehead atoms. The number of carboxylic acids is 1. The van der Waals surface area contributed by atoms with Crippen molar-refractivity contribution in [3.05, 3.63) is 53.4 Å². The average Bonchev–Trinajstić information content (AvgIpc) is 3.34. The van der Waals surface area contributed by atoms with Crippen molar-refractivity contribution in [2.45, 2.75) is 35.4 Å². The first kappa shape index (κ1) is 21.6. The number of nitrogens with zero attached hydrogens (tertiary/aromatic N) is 3. The van der Waals surface area contributed by atoms with Crippen molar-refractivity contribution in [2.75, 3.05) is 0 Å². The van der Waals surface area contributed by atoms with Crippen LogP contribution in [0.1, 0.15) is 18.2 Å². The summed E-state index contributed by atoms with van der Waals surface area (Å²) in [5.74, 6) is -2.29. The number of thiazole rings is 1. The van der Waals surface area contributed by atoms with Gasteiger partial charge in [0.15, 0.2) is 0 Å². The predicted molar refractivity (Wildman–Crippen MR) is 106 cm³/mol. The molecule has 1 aromatic carbocycles. The molecule has 3 aromatic rings. The molecule has 0 unspecified atom stereocenters. The number of benzene rings is 1. The van der Waals surface area contributed by atoms with E-state index in [2.05, 4.69) is 4.98 Å². The standard InChI is InChI=1S/C20H17N3O4S2.Na/c1-10(24)15-13-7-12(16(20(26)27)23(13)18(15)25)14-8-22-9-21-17(19(22)29-14)28-11-5-3-2-4-6-11;/h2-6,8-10,13,15,24H,7H2,1H3,(H,26,27);/q;+1/p-1/t10-,13-,15-;/m1./s1. The Morgan fingerprint density at radius 3 is 2.77 bits per heavy atom. The van der Waals surface area contributed by atoms with Gasteiger partial charge in [-0.25, -0.2) is 4.98 Å². The zero-order valence-corrected chi connectivity index (χ0v) is 19.9. The van der Waals surface area contributed by atoms with Crippen molar-refractivity contribution in [3.63, 3.8) is 0 Å². The monoisotopic (exact) mass is 449 g/mol. The SMILES string of the molecule is C[C@@H](O)[C@H]1C(=O)N2C(C(=O)[O-])=C(c3cn4cnc(Sc5ccccc5)c4s3)C[C@H]12.[Na+]. The van der Waals surface area contributed by atoms with Gasteiger partial charge in [-0.15, -0.1) is 11.3 Å². The summed E-state index contributed by atoms with van der Waals surface area (Å²) < 4.78 is 1.87. The molecule has 1 saturated heterocycles. The molecule has 10 heteroatoms. The van der Waals surface area contributed by atoms with Crippen molar-refractivity contribution >= 4 is 45.4 Å². The molecule has 0 spiro atoms. The van der Waals surface area contributed by atoms with E-state index in [-0.39, 0.29) is 47.2 Å². The fraction of sp³-hybridized carbons (Fsp3) is 0.250. The number of imidazole rings is 1. The molecular formula is C20H16N3NaO4S2. The number of aliphatic hydroxyl groups excluding tert-OH is 1. The number of amides is 1. The Balaban J connectivity index is 0.00000218. The van der Waals surface area contributed by atoms with Crippen LogP contribution in [0.5, 0.6) is 0 Å². The summed E-state index contributed by atoms with van der Waals surface area (Å²) in [7, 11) is 0. The summed E-state index contributed by atoms with van der Waals surface area (Å²) in [6, 6.07) is 9.56. The van der Waals surface area contributed by atoms with Crippen LogP contribution >= 0.6 is 23.1 Å². The maximum absolute atomic E-state index is 12.4. The number of aliphatic hydroxyl groups is 1. The normalized spacial score (nSPS) is 21.4. The van der Waals surface area contributed by atoms with E-state index in [1.807, 2.05) is 40.9 Å². The maximum Gasteiger partial charge on any atom is 1.00 e. The number of fused-ring (bicyclic) bond motifs is 2. The first-order valence-electron chi connectivity index (χ1n) is 9.11. The number of rotatable bonds is 5. The quantitative estimate of drug-likeness (QED) is 0.381. The van der Waals surface area contributed by atoms with Crippen molar-refractivity contribution < 1.29 is 49.4 Å². The Bertz CT molecular complexity index is 1170. The van der Waals surface area contributed by atoms with E-state index in [0.29, 0.717) is 12.0 Å². The van der Waals surface area contributed by atoms with Gasteiger partial charge in [0, 0.05) is 11.1 Å². The van der Waals surface area contributed by atoms with Gasteiger partial charge in [-0.05, 0) is 31.1 Å². The van der Waals surface area contributed by atoms with Crippen LogP contribution in [0.15, 0.2) is 58.5 Å². The molecule has 7 nitrogen and oxygen atoms in total. The maximum atomic E-state index is 12.4. The van der Waals surface area contributed by atoms with E-state index in [9.17, 15) is 19.8 Å². The minimum absolute atomic E-state index is 0. The molecule has 3 atom stereocenters. The second-order valence-electron chi connectivity index (χ2n) is 7.13. The van der Waals surface area contributed by atoms with Gasteiger partial charge >= 0.3 is 29.6 Å². The van der Waals surface area contributed by atoms with Crippen LogP contribution in [-0.2, 0) is 9.59 Å². The Hall–Kier alpha value is -1.62. The van der Waals surface area contributed by atoms with Gasteiger partial charge in [-0.1, -0.05) is 30.0 Å². The third-order valence-corrected chi connectivity index (χ3v) is 7.66. The molecule has 0 saturated carbocycles. The molecule has 1 amide bonds. The molecule has 2 aliphatic heterocycles. The molecule has 1 N–H and O–H groups in total. The van der Waals surface area contributed by atoms with Crippen LogP contribution in [0.25, 0.3) is 10.4 Å². The summed E-state index contributed by atoms with van der Waals surface area (Å²) in [4.78, 5) is 32.7. The number of carbonyl (C=O) groups excluding carboxylic acids is 2. The van der Waals surface area contributed by atoms with Crippen LogP contribution < -0.4 is 34.7 Å². The van der Waals surface area contributed by atoms with Gasteiger partial charge in [0.1, 0.15) is 16.2 Å². The molecule has 148 valence electrons. The number of hydrogen-bond donors (Lipinski definition) is 1. The van der Waals surface area contributed by atoms with Crippen LogP contribution in [0.2, 0.25) is 0 Å². The average molecular weight is 449 g/mol. The molecule has 1 fully saturated rings. The fourth-order valence-electron chi connectivity index (χ4n) is 4.07. The van der Waals surface area contributed by atoms with Gasteiger partial charge in [0.05, 0.1) is 34.6 Å². The van der Waals surface area contributed by atoms with Crippen molar-refractivity contribution in [1.82, 2.24) is 14.3 Å². The fourth-order valence-corrected chi connectivity index (χ4v) is 6.15. The van der Waals surface area contributed by atoms with Gasteiger partial charge in [0.2, 0.25) is 5.91 Å². The number of carbonyl (C=O) groups is 2. The largest absolute Gasteiger partial charge is 1.00 e. The number of aliphatic carboxylic acids is 1.